The Labute approximate surface area is 117 Å². The van der Waals surface area contributed by atoms with Gasteiger partial charge in [-0.1, -0.05) is 32.9 Å². The van der Waals surface area contributed by atoms with Gasteiger partial charge in [0.25, 0.3) is 0 Å². The van der Waals surface area contributed by atoms with Crippen LogP contribution in [0.4, 0.5) is 0 Å². The molecule has 0 saturated carbocycles. The molecule has 0 aliphatic carbocycles. The highest BCUT2D eigenvalue weighted by atomic mass is 16.5. The normalized spacial score (nSPS) is 13.0. The molecule has 0 amide bonds. The Morgan fingerprint density at radius 2 is 1.79 bits per heavy atom. The molecule has 108 valence electrons. The van der Waals surface area contributed by atoms with Gasteiger partial charge >= 0.3 is 0 Å². The van der Waals surface area contributed by atoms with Gasteiger partial charge in [-0.25, -0.2) is 0 Å². The number of rotatable bonds is 8. The molecule has 1 atom stereocenters. The van der Waals surface area contributed by atoms with Crippen LogP contribution in [0.3, 0.4) is 0 Å². The highest BCUT2D eigenvalue weighted by molar-refractivity contribution is 5.27. The van der Waals surface area contributed by atoms with Gasteiger partial charge in [0, 0.05) is 19.6 Å². The Morgan fingerprint density at radius 1 is 1.16 bits per heavy atom. The van der Waals surface area contributed by atoms with Crippen LogP contribution in [0, 0.1) is 5.92 Å². The summed E-state index contributed by atoms with van der Waals surface area (Å²) in [5.74, 6) is 1.48. The zero-order valence-corrected chi connectivity index (χ0v) is 12.6. The highest BCUT2D eigenvalue weighted by Crippen LogP contribution is 2.14. The zero-order chi connectivity index (χ0) is 14.3. The zero-order valence-electron chi connectivity index (χ0n) is 12.6. The van der Waals surface area contributed by atoms with E-state index in [1.807, 2.05) is 19.1 Å². The first-order valence-corrected chi connectivity index (χ1v) is 7.08. The molecule has 1 aromatic rings. The minimum absolute atomic E-state index is 0.239. The smallest absolute Gasteiger partial charge is 0.118 e. The molecule has 0 bridgehead atoms. The van der Waals surface area contributed by atoms with Gasteiger partial charge in [-0.3, -0.25) is 4.90 Å². The highest BCUT2D eigenvalue weighted by Gasteiger charge is 2.12. The second-order valence-electron chi connectivity index (χ2n) is 5.50. The minimum Gasteiger partial charge on any atom is -0.497 e. The SMILES string of the molecule is CCC(O)CN(Cc1ccc(OC)cc1)CC(C)C. The third-order valence-electron chi connectivity index (χ3n) is 3.13. The predicted octanol–water partition coefficient (Wildman–Crippen LogP) is 2.92. The fourth-order valence-electron chi connectivity index (χ4n) is 2.14. The summed E-state index contributed by atoms with van der Waals surface area (Å²) in [6.07, 6.45) is 0.564. The van der Waals surface area contributed by atoms with Crippen LogP contribution in [0.2, 0.25) is 0 Å². The van der Waals surface area contributed by atoms with E-state index in [-0.39, 0.29) is 6.10 Å². The second-order valence-corrected chi connectivity index (χ2v) is 5.50. The number of hydrogen-bond donors (Lipinski definition) is 1. The molecule has 1 unspecified atom stereocenters. The Hall–Kier alpha value is -1.06. The van der Waals surface area contributed by atoms with Gasteiger partial charge < -0.3 is 9.84 Å². The summed E-state index contributed by atoms with van der Waals surface area (Å²) in [6, 6.07) is 8.15. The Morgan fingerprint density at radius 3 is 2.26 bits per heavy atom. The molecular weight excluding hydrogens is 238 g/mol. The van der Waals surface area contributed by atoms with Crippen LogP contribution in [-0.2, 0) is 6.54 Å². The average Bonchev–Trinajstić information content (AvgIpc) is 2.38. The Balaban J connectivity index is 2.63. The van der Waals surface area contributed by atoms with Gasteiger partial charge in [0.2, 0.25) is 0 Å². The van der Waals surface area contributed by atoms with Crippen LogP contribution >= 0.6 is 0 Å². The van der Waals surface area contributed by atoms with E-state index in [2.05, 4.69) is 30.9 Å². The van der Waals surface area contributed by atoms with Crippen LogP contribution in [0.15, 0.2) is 24.3 Å². The van der Waals surface area contributed by atoms with Crippen molar-refractivity contribution in [3.8, 4) is 5.75 Å². The maximum Gasteiger partial charge on any atom is 0.118 e. The van der Waals surface area contributed by atoms with Gasteiger partial charge in [-0.05, 0) is 30.0 Å². The third kappa shape index (κ3) is 6.08. The quantitative estimate of drug-likeness (QED) is 0.784. The van der Waals surface area contributed by atoms with Crippen LogP contribution in [-0.4, -0.2) is 36.3 Å². The third-order valence-corrected chi connectivity index (χ3v) is 3.13. The van der Waals surface area contributed by atoms with E-state index in [9.17, 15) is 5.11 Å². The van der Waals surface area contributed by atoms with Crippen molar-refractivity contribution in [1.29, 1.82) is 0 Å². The number of nitrogens with zero attached hydrogens (tertiary/aromatic N) is 1. The number of ether oxygens (including phenoxy) is 1. The van der Waals surface area contributed by atoms with Crippen LogP contribution in [0.25, 0.3) is 0 Å². The van der Waals surface area contributed by atoms with Crippen molar-refractivity contribution in [2.45, 2.75) is 39.8 Å². The number of methoxy groups -OCH3 is 1. The fourth-order valence-corrected chi connectivity index (χ4v) is 2.14. The molecule has 0 fully saturated rings. The number of hydrogen-bond acceptors (Lipinski definition) is 3. The standard InChI is InChI=1S/C16H27NO2/c1-5-15(18)12-17(10-13(2)3)11-14-6-8-16(19-4)9-7-14/h6-9,13,15,18H,5,10-12H2,1-4H3. The van der Waals surface area contributed by atoms with Crippen molar-refractivity contribution in [3.05, 3.63) is 29.8 Å². The summed E-state index contributed by atoms with van der Waals surface area (Å²) in [4.78, 5) is 2.32. The van der Waals surface area contributed by atoms with E-state index in [0.717, 1.165) is 31.8 Å². The average molecular weight is 265 g/mol. The molecule has 1 rings (SSSR count). The number of benzene rings is 1. The van der Waals surface area contributed by atoms with Crippen LogP contribution in [0.1, 0.15) is 32.8 Å². The lowest BCUT2D eigenvalue weighted by atomic mass is 10.1. The molecule has 19 heavy (non-hydrogen) atoms. The summed E-state index contributed by atoms with van der Waals surface area (Å²) in [6.45, 7) is 9.05. The van der Waals surface area contributed by atoms with Crippen molar-refractivity contribution >= 4 is 0 Å². The van der Waals surface area contributed by atoms with Crippen LogP contribution in [0.5, 0.6) is 5.75 Å². The van der Waals surface area contributed by atoms with Crippen molar-refractivity contribution in [1.82, 2.24) is 4.90 Å². The molecule has 0 aliphatic heterocycles. The summed E-state index contributed by atoms with van der Waals surface area (Å²) in [5.41, 5.74) is 1.25. The van der Waals surface area contributed by atoms with Crippen LogP contribution < -0.4 is 4.74 Å². The molecular formula is C16H27NO2. The van der Waals surface area contributed by atoms with E-state index in [1.54, 1.807) is 7.11 Å². The molecule has 0 spiro atoms. The monoisotopic (exact) mass is 265 g/mol. The van der Waals surface area contributed by atoms with E-state index in [1.165, 1.54) is 5.56 Å². The van der Waals surface area contributed by atoms with E-state index >= 15 is 0 Å². The molecule has 3 heteroatoms. The molecule has 0 saturated heterocycles. The van der Waals surface area contributed by atoms with Gasteiger partial charge in [0.1, 0.15) is 5.75 Å². The second kappa shape index (κ2) is 8.18. The summed E-state index contributed by atoms with van der Waals surface area (Å²) < 4.78 is 5.17. The summed E-state index contributed by atoms with van der Waals surface area (Å²) in [7, 11) is 1.68. The summed E-state index contributed by atoms with van der Waals surface area (Å²) >= 11 is 0. The molecule has 1 aromatic carbocycles. The molecule has 3 nitrogen and oxygen atoms in total. The molecule has 0 radical (unpaired) electrons. The topological polar surface area (TPSA) is 32.7 Å². The minimum atomic E-state index is -0.239. The molecule has 0 heterocycles. The van der Waals surface area contributed by atoms with Crippen molar-refractivity contribution < 1.29 is 9.84 Å². The maximum atomic E-state index is 9.84. The van der Waals surface area contributed by atoms with E-state index < -0.39 is 0 Å². The van der Waals surface area contributed by atoms with Gasteiger partial charge in [0.15, 0.2) is 0 Å². The van der Waals surface area contributed by atoms with E-state index in [0.29, 0.717) is 5.92 Å². The largest absolute Gasteiger partial charge is 0.497 e. The molecule has 0 aliphatic rings. The van der Waals surface area contributed by atoms with Crippen molar-refractivity contribution in [3.63, 3.8) is 0 Å². The summed E-state index contributed by atoms with van der Waals surface area (Å²) in [5, 5.41) is 9.84. The first kappa shape index (κ1) is 16.0. The first-order valence-electron chi connectivity index (χ1n) is 7.08. The fraction of sp³-hybridized carbons (Fsp3) is 0.625. The first-order chi connectivity index (χ1) is 9.05. The van der Waals surface area contributed by atoms with Gasteiger partial charge in [-0.15, -0.1) is 0 Å². The Bertz CT molecular complexity index is 348. The lowest BCUT2D eigenvalue weighted by Crippen LogP contribution is -2.34. The van der Waals surface area contributed by atoms with Gasteiger partial charge in [0.05, 0.1) is 13.2 Å². The molecule has 0 aromatic heterocycles. The lowest BCUT2D eigenvalue weighted by molar-refractivity contribution is 0.0986. The number of aliphatic hydroxyl groups is 1. The van der Waals surface area contributed by atoms with Crippen molar-refractivity contribution in [2.24, 2.45) is 5.92 Å². The van der Waals surface area contributed by atoms with E-state index in [4.69, 9.17) is 4.74 Å². The number of aliphatic hydroxyl groups excluding tert-OH is 1. The van der Waals surface area contributed by atoms with Crippen molar-refractivity contribution in [2.75, 3.05) is 20.2 Å². The Kier molecular flexibility index (Phi) is 6.89. The maximum absolute atomic E-state index is 9.84. The van der Waals surface area contributed by atoms with Gasteiger partial charge in [-0.2, -0.15) is 0 Å². The predicted molar refractivity (Wildman–Crippen MR) is 79.4 cm³/mol. The lowest BCUT2D eigenvalue weighted by Gasteiger charge is -2.26. The molecule has 1 N–H and O–H groups in total.